The monoisotopic (exact) mass is 359 g/mol. The molecule has 2 aliphatic heterocycles. The number of nitrogens with zero attached hydrogens (tertiary/aromatic N) is 2. The second-order valence-electron chi connectivity index (χ2n) is 5.22. The molecule has 7 nitrogen and oxygen atoms in total. The molecule has 3 N–H and O–H groups in total. The number of nitrogens with two attached hydrogens (primary N) is 1. The van der Waals surface area contributed by atoms with Crippen molar-refractivity contribution in [3.05, 3.63) is 16.6 Å². The summed E-state index contributed by atoms with van der Waals surface area (Å²) in [5.41, 5.74) is 6.14. The van der Waals surface area contributed by atoms with Crippen LogP contribution in [0.4, 0.5) is 0 Å². The maximum absolute atomic E-state index is 12.0. The lowest BCUT2D eigenvalue weighted by atomic mass is 9.89. The number of aliphatic carboxylic acids is 1. The highest BCUT2D eigenvalue weighted by molar-refractivity contribution is 8.14. The predicted molar refractivity (Wildman–Crippen MR) is 84.9 cm³/mol. The molecule has 3 atom stereocenters. The number of carboxylic acid groups (broad SMARTS) is 1. The minimum atomic E-state index is -1.12. The average molecular weight is 359 g/mol. The van der Waals surface area contributed by atoms with Crippen molar-refractivity contribution in [3.63, 3.8) is 0 Å². The minimum Gasteiger partial charge on any atom is -0.481 e. The molecule has 0 bridgehead atoms. The van der Waals surface area contributed by atoms with Crippen molar-refractivity contribution in [2.75, 3.05) is 18.1 Å². The van der Waals surface area contributed by atoms with Gasteiger partial charge in [0.2, 0.25) is 11.0 Å². The molecule has 2 unspecified atom stereocenters. The molecular formula is C12H13N3O4S3. The minimum absolute atomic E-state index is 0.107. The molecule has 0 aliphatic carbocycles. The van der Waals surface area contributed by atoms with Crippen molar-refractivity contribution in [3.8, 4) is 0 Å². The summed E-state index contributed by atoms with van der Waals surface area (Å²) in [7, 11) is 0. The van der Waals surface area contributed by atoms with Gasteiger partial charge in [-0.25, -0.2) is 0 Å². The average Bonchev–Trinajstić information content (AvgIpc) is 3.05. The lowest BCUT2D eigenvalue weighted by molar-refractivity contribution is -0.155. The molecule has 2 saturated heterocycles. The molecule has 2 aliphatic rings. The normalized spacial score (nSPS) is 30.6. The number of carboxylic acids is 1. The van der Waals surface area contributed by atoms with Crippen LogP contribution in [0.5, 0.6) is 0 Å². The number of rotatable bonds is 4. The van der Waals surface area contributed by atoms with Crippen LogP contribution >= 0.6 is 34.9 Å². The molecule has 3 heterocycles. The molecule has 1 amide bonds. The van der Waals surface area contributed by atoms with E-state index in [0.717, 1.165) is 11.8 Å². The zero-order chi connectivity index (χ0) is 15.9. The van der Waals surface area contributed by atoms with Crippen LogP contribution in [0.25, 0.3) is 0 Å². The third-order valence-electron chi connectivity index (χ3n) is 3.75. The summed E-state index contributed by atoms with van der Waals surface area (Å²) in [6.07, 6.45) is 1.47. The summed E-state index contributed by atoms with van der Waals surface area (Å²) in [5.74, 6) is -0.747. The van der Waals surface area contributed by atoms with Crippen LogP contribution < -0.4 is 5.73 Å². The van der Waals surface area contributed by atoms with E-state index in [1.54, 1.807) is 5.51 Å². The molecule has 22 heavy (non-hydrogen) atoms. The van der Waals surface area contributed by atoms with Gasteiger partial charge in [-0.15, -0.1) is 23.1 Å². The fraction of sp³-hybridized carbons (Fsp3) is 0.500. The van der Waals surface area contributed by atoms with E-state index in [9.17, 15) is 19.5 Å². The number of aromatic nitrogens is 1. The molecule has 0 radical (unpaired) electrons. The van der Waals surface area contributed by atoms with Crippen LogP contribution in [0.3, 0.4) is 0 Å². The van der Waals surface area contributed by atoms with E-state index < -0.39 is 17.4 Å². The highest BCUT2D eigenvalue weighted by atomic mass is 32.2. The predicted octanol–water partition coefficient (Wildman–Crippen LogP) is 0.330. The van der Waals surface area contributed by atoms with Crippen molar-refractivity contribution < 1.29 is 19.5 Å². The zero-order valence-corrected chi connectivity index (χ0v) is 13.7. The standard InChI is InChI=1S/C12H13N3O4S3/c13-7-8(16)15-2-12(11(18)19,3-20-9(7)15)4-21-10(17)6-1-14-5-22-6/h1,5,7,9H,2-4,13H2,(H,18,19)/t7?,9-,12?/m1/s1. The third kappa shape index (κ3) is 2.53. The summed E-state index contributed by atoms with van der Waals surface area (Å²) in [6.45, 7) is 0.107. The number of fused-ring (bicyclic) bond motifs is 1. The molecule has 1 aromatic heterocycles. The van der Waals surface area contributed by atoms with Gasteiger partial charge >= 0.3 is 5.97 Å². The quantitative estimate of drug-likeness (QED) is 0.740. The first-order valence-electron chi connectivity index (χ1n) is 6.41. The van der Waals surface area contributed by atoms with Crippen LogP contribution in [0, 0.1) is 5.41 Å². The number of β-lactam (4-membered cyclic amide) rings is 1. The number of carbonyl (C=O) groups is 3. The highest BCUT2D eigenvalue weighted by Gasteiger charge is 2.55. The molecule has 118 valence electrons. The van der Waals surface area contributed by atoms with Gasteiger partial charge in [0.15, 0.2) is 0 Å². The van der Waals surface area contributed by atoms with Crippen molar-refractivity contribution >= 4 is 51.9 Å². The van der Waals surface area contributed by atoms with Crippen LogP contribution in [-0.2, 0) is 9.59 Å². The Balaban J connectivity index is 1.69. The van der Waals surface area contributed by atoms with Crippen molar-refractivity contribution in [1.29, 1.82) is 0 Å². The van der Waals surface area contributed by atoms with Gasteiger partial charge in [-0.3, -0.25) is 19.4 Å². The number of thioether (sulfide) groups is 2. The lowest BCUT2D eigenvalue weighted by Gasteiger charge is -2.52. The Morgan fingerprint density at radius 1 is 1.59 bits per heavy atom. The lowest BCUT2D eigenvalue weighted by Crippen LogP contribution is -2.72. The van der Waals surface area contributed by atoms with Crippen molar-refractivity contribution in [2.24, 2.45) is 11.1 Å². The maximum atomic E-state index is 12.0. The van der Waals surface area contributed by atoms with Crippen LogP contribution in [0.2, 0.25) is 0 Å². The number of carbonyl (C=O) groups excluding carboxylic acids is 2. The van der Waals surface area contributed by atoms with Crippen LogP contribution in [-0.4, -0.2) is 61.4 Å². The maximum Gasteiger partial charge on any atom is 0.313 e. The first-order valence-corrected chi connectivity index (χ1v) is 9.33. The van der Waals surface area contributed by atoms with Crippen molar-refractivity contribution in [1.82, 2.24) is 9.88 Å². The first kappa shape index (κ1) is 15.8. The number of hydrogen-bond donors (Lipinski definition) is 2. The zero-order valence-electron chi connectivity index (χ0n) is 11.3. The third-order valence-corrected chi connectivity index (χ3v) is 7.44. The Labute approximate surface area is 138 Å². The fourth-order valence-corrected chi connectivity index (χ4v) is 5.71. The molecule has 0 spiro atoms. The van der Waals surface area contributed by atoms with Gasteiger partial charge in [0.05, 0.1) is 5.51 Å². The Bertz CT molecular complexity index is 623. The second-order valence-corrected chi connectivity index (χ2v) is 8.16. The Hall–Kier alpha value is -1.10. The summed E-state index contributed by atoms with van der Waals surface area (Å²) < 4.78 is 0. The smallest absolute Gasteiger partial charge is 0.313 e. The molecule has 0 saturated carbocycles. The first-order chi connectivity index (χ1) is 10.4. The van der Waals surface area contributed by atoms with E-state index in [0.29, 0.717) is 10.6 Å². The Morgan fingerprint density at radius 3 is 3.00 bits per heavy atom. The van der Waals surface area contributed by atoms with Crippen LogP contribution in [0.15, 0.2) is 11.7 Å². The summed E-state index contributed by atoms with van der Waals surface area (Å²) in [4.78, 5) is 41.3. The summed E-state index contributed by atoms with van der Waals surface area (Å²) in [5, 5.41) is 9.27. The SMILES string of the molecule is NC1C(=O)N2CC(CSC(=O)c3cncs3)(C(=O)O)CS[C@H]12. The molecular weight excluding hydrogens is 346 g/mol. The molecule has 0 aromatic carbocycles. The largest absolute Gasteiger partial charge is 0.481 e. The van der Waals surface area contributed by atoms with Gasteiger partial charge < -0.3 is 15.7 Å². The second kappa shape index (κ2) is 5.84. The van der Waals surface area contributed by atoms with E-state index in [-0.39, 0.29) is 28.7 Å². The van der Waals surface area contributed by atoms with E-state index in [2.05, 4.69) is 4.98 Å². The molecule has 1 aromatic rings. The molecule has 2 fully saturated rings. The summed E-state index contributed by atoms with van der Waals surface area (Å²) >= 11 is 3.56. The van der Waals surface area contributed by atoms with Gasteiger partial charge in [-0.1, -0.05) is 11.8 Å². The van der Waals surface area contributed by atoms with Gasteiger partial charge in [0.25, 0.3) is 0 Å². The highest BCUT2D eigenvalue weighted by Crippen LogP contribution is 2.43. The van der Waals surface area contributed by atoms with E-state index in [1.807, 2.05) is 0 Å². The van der Waals surface area contributed by atoms with Gasteiger partial charge in [0.1, 0.15) is 21.7 Å². The number of hydrogen-bond acceptors (Lipinski definition) is 8. The molecule has 3 rings (SSSR count). The van der Waals surface area contributed by atoms with E-state index >= 15 is 0 Å². The van der Waals surface area contributed by atoms with Gasteiger partial charge in [-0.2, -0.15) is 0 Å². The number of amides is 1. The van der Waals surface area contributed by atoms with E-state index in [4.69, 9.17) is 5.73 Å². The van der Waals surface area contributed by atoms with Gasteiger partial charge in [0, 0.05) is 24.2 Å². The topological polar surface area (TPSA) is 114 Å². The van der Waals surface area contributed by atoms with Gasteiger partial charge in [-0.05, 0) is 0 Å². The fourth-order valence-electron chi connectivity index (χ4n) is 2.40. The Kier molecular flexibility index (Phi) is 4.19. The van der Waals surface area contributed by atoms with Crippen LogP contribution in [0.1, 0.15) is 9.67 Å². The number of thiazole rings is 1. The summed E-state index contributed by atoms with van der Waals surface area (Å²) in [6, 6.07) is -0.539. The Morgan fingerprint density at radius 2 is 2.36 bits per heavy atom. The van der Waals surface area contributed by atoms with Crippen molar-refractivity contribution in [2.45, 2.75) is 11.4 Å². The van der Waals surface area contributed by atoms with E-state index in [1.165, 1.54) is 34.2 Å². The molecule has 10 heteroatoms.